The molecular weight excluding hydrogens is 318 g/mol. The first-order chi connectivity index (χ1) is 11.0. The fourth-order valence-corrected chi connectivity index (χ4v) is 1.98. The summed E-state index contributed by atoms with van der Waals surface area (Å²) in [6, 6.07) is 10.3. The Labute approximate surface area is 137 Å². The zero-order valence-electron chi connectivity index (χ0n) is 11.8. The lowest BCUT2D eigenvalue weighted by molar-refractivity contribution is -0.384. The highest BCUT2D eigenvalue weighted by molar-refractivity contribution is 6.31. The second-order valence-electron chi connectivity index (χ2n) is 4.59. The Bertz CT molecular complexity index is 795. The van der Waals surface area contributed by atoms with Crippen molar-refractivity contribution in [3.05, 3.63) is 87.0 Å². The van der Waals surface area contributed by atoms with Gasteiger partial charge < -0.3 is 5.11 Å². The maximum atomic E-state index is 11.9. The van der Waals surface area contributed by atoms with E-state index in [0.29, 0.717) is 5.02 Å². The van der Waals surface area contributed by atoms with Crippen LogP contribution in [0.5, 0.6) is 5.75 Å². The molecule has 0 heterocycles. The Morgan fingerprint density at radius 3 is 2.48 bits per heavy atom. The lowest BCUT2D eigenvalue weighted by Gasteiger charge is -2.00. The van der Waals surface area contributed by atoms with E-state index < -0.39 is 4.92 Å². The molecule has 0 unspecified atom stereocenters. The van der Waals surface area contributed by atoms with Gasteiger partial charge in [-0.15, -0.1) is 0 Å². The normalized spacial score (nSPS) is 11.2. The van der Waals surface area contributed by atoms with Gasteiger partial charge in [0.2, 0.25) is 0 Å². The quantitative estimate of drug-likeness (QED) is 0.290. The van der Waals surface area contributed by atoms with Gasteiger partial charge in [-0.1, -0.05) is 29.8 Å². The first kappa shape index (κ1) is 16.5. The molecule has 116 valence electrons. The highest BCUT2D eigenvalue weighted by Crippen LogP contribution is 2.22. The van der Waals surface area contributed by atoms with E-state index in [2.05, 4.69) is 0 Å². The number of carbonyl (C=O) groups is 1. The minimum Gasteiger partial charge on any atom is -0.507 e. The highest BCUT2D eigenvalue weighted by atomic mass is 35.5. The van der Waals surface area contributed by atoms with Crippen LogP contribution in [-0.4, -0.2) is 15.8 Å². The first-order valence-corrected chi connectivity index (χ1v) is 6.97. The number of phenols is 1. The Morgan fingerprint density at radius 2 is 1.83 bits per heavy atom. The van der Waals surface area contributed by atoms with E-state index in [1.165, 1.54) is 42.5 Å². The molecule has 0 spiro atoms. The smallest absolute Gasteiger partial charge is 0.269 e. The minimum absolute atomic E-state index is 0.0179. The summed E-state index contributed by atoms with van der Waals surface area (Å²) >= 11 is 5.79. The highest BCUT2D eigenvalue weighted by Gasteiger charge is 2.08. The zero-order chi connectivity index (χ0) is 16.8. The molecule has 0 amide bonds. The molecule has 0 aromatic heterocycles. The molecule has 2 aromatic rings. The van der Waals surface area contributed by atoms with Gasteiger partial charge in [0.1, 0.15) is 5.75 Å². The molecule has 0 atom stereocenters. The van der Waals surface area contributed by atoms with Gasteiger partial charge in [0.05, 0.1) is 10.5 Å². The number of nitrogens with zero attached hydrogens (tertiary/aromatic N) is 1. The number of non-ortho nitro benzene ring substituents is 1. The topological polar surface area (TPSA) is 80.4 Å². The minimum atomic E-state index is -0.469. The van der Waals surface area contributed by atoms with Crippen molar-refractivity contribution in [2.45, 2.75) is 0 Å². The SMILES string of the molecule is O=C(/C=C/C=C/c1ccc([N+](=O)[O-])cc1)c1cc(Cl)ccc1O. The van der Waals surface area contributed by atoms with Crippen molar-refractivity contribution in [2.24, 2.45) is 0 Å². The molecule has 0 bridgehead atoms. The van der Waals surface area contributed by atoms with Crippen molar-refractivity contribution in [1.29, 1.82) is 0 Å². The second kappa shape index (κ2) is 7.38. The average molecular weight is 330 g/mol. The Balaban J connectivity index is 2.04. The molecule has 0 aliphatic heterocycles. The van der Waals surface area contributed by atoms with Gasteiger partial charge >= 0.3 is 0 Å². The van der Waals surface area contributed by atoms with Crippen molar-refractivity contribution in [3.8, 4) is 5.75 Å². The van der Waals surface area contributed by atoms with E-state index >= 15 is 0 Å². The van der Waals surface area contributed by atoms with Crippen LogP contribution in [0.15, 0.2) is 60.7 Å². The van der Waals surface area contributed by atoms with Crippen LogP contribution in [0.1, 0.15) is 15.9 Å². The number of benzene rings is 2. The number of ketones is 1. The van der Waals surface area contributed by atoms with Crippen LogP contribution >= 0.6 is 11.6 Å². The maximum Gasteiger partial charge on any atom is 0.269 e. The van der Waals surface area contributed by atoms with E-state index in [0.717, 1.165) is 5.56 Å². The van der Waals surface area contributed by atoms with E-state index in [1.807, 2.05) is 0 Å². The molecule has 0 aliphatic carbocycles. The number of hydrogen-bond donors (Lipinski definition) is 1. The Kier molecular flexibility index (Phi) is 5.28. The van der Waals surface area contributed by atoms with E-state index in [4.69, 9.17) is 11.6 Å². The zero-order valence-corrected chi connectivity index (χ0v) is 12.6. The third kappa shape index (κ3) is 4.52. The maximum absolute atomic E-state index is 11.9. The first-order valence-electron chi connectivity index (χ1n) is 6.59. The summed E-state index contributed by atoms with van der Waals surface area (Å²) in [7, 11) is 0. The summed E-state index contributed by atoms with van der Waals surface area (Å²) in [5.74, 6) is -0.512. The van der Waals surface area contributed by atoms with Crippen LogP contribution in [0.3, 0.4) is 0 Å². The fraction of sp³-hybridized carbons (Fsp3) is 0. The van der Waals surface area contributed by atoms with Crippen LogP contribution in [0.2, 0.25) is 5.02 Å². The molecule has 0 aliphatic rings. The lowest BCUT2D eigenvalue weighted by atomic mass is 10.1. The van der Waals surface area contributed by atoms with Crippen molar-refractivity contribution in [3.63, 3.8) is 0 Å². The molecule has 1 N–H and O–H groups in total. The summed E-state index contributed by atoms with van der Waals surface area (Å²) in [6.45, 7) is 0. The van der Waals surface area contributed by atoms with Crippen LogP contribution < -0.4 is 0 Å². The van der Waals surface area contributed by atoms with Gasteiger partial charge in [-0.25, -0.2) is 0 Å². The van der Waals surface area contributed by atoms with Gasteiger partial charge in [0.15, 0.2) is 5.78 Å². The molecular formula is C17H12ClNO4. The number of rotatable bonds is 5. The third-order valence-corrected chi connectivity index (χ3v) is 3.21. The van der Waals surface area contributed by atoms with Crippen molar-refractivity contribution in [2.75, 3.05) is 0 Å². The summed E-state index contributed by atoms with van der Waals surface area (Å²) in [5, 5.41) is 20.5. The van der Waals surface area contributed by atoms with Gasteiger partial charge in [-0.05, 0) is 42.0 Å². The number of aromatic hydroxyl groups is 1. The predicted octanol–water partition coefficient (Wildman–Crippen LogP) is 4.41. The Hall–Kier alpha value is -2.92. The van der Waals surface area contributed by atoms with E-state index in [-0.39, 0.29) is 22.8 Å². The third-order valence-electron chi connectivity index (χ3n) is 2.98. The van der Waals surface area contributed by atoms with Gasteiger partial charge in [0, 0.05) is 17.2 Å². The van der Waals surface area contributed by atoms with E-state index in [9.17, 15) is 20.0 Å². The molecule has 2 rings (SSSR count). The van der Waals surface area contributed by atoms with E-state index in [1.54, 1.807) is 24.3 Å². The number of phenolic OH excluding ortho intramolecular Hbond substituents is 1. The number of nitro benzene ring substituents is 1. The van der Waals surface area contributed by atoms with Crippen LogP contribution in [-0.2, 0) is 0 Å². The van der Waals surface area contributed by atoms with Crippen molar-refractivity contribution < 1.29 is 14.8 Å². The lowest BCUT2D eigenvalue weighted by Crippen LogP contribution is -1.94. The fourth-order valence-electron chi connectivity index (χ4n) is 1.81. The number of allylic oxidation sites excluding steroid dienone is 3. The molecule has 0 fully saturated rings. The molecule has 2 aromatic carbocycles. The molecule has 23 heavy (non-hydrogen) atoms. The number of hydrogen-bond acceptors (Lipinski definition) is 4. The summed E-state index contributed by atoms with van der Waals surface area (Å²) in [6.07, 6.45) is 6.14. The largest absolute Gasteiger partial charge is 0.507 e. The number of nitro groups is 1. The average Bonchev–Trinajstić information content (AvgIpc) is 2.54. The standard InChI is InChI=1S/C17H12ClNO4/c18-13-7-10-17(21)15(11-13)16(20)4-2-1-3-12-5-8-14(9-6-12)19(22)23/h1-11,21H/b3-1+,4-2+. The van der Waals surface area contributed by atoms with Crippen LogP contribution in [0.4, 0.5) is 5.69 Å². The molecule has 0 radical (unpaired) electrons. The predicted molar refractivity (Wildman–Crippen MR) is 88.7 cm³/mol. The van der Waals surface area contributed by atoms with Crippen molar-refractivity contribution >= 4 is 29.1 Å². The number of carbonyl (C=O) groups excluding carboxylic acids is 1. The van der Waals surface area contributed by atoms with Crippen molar-refractivity contribution in [1.82, 2.24) is 0 Å². The van der Waals surface area contributed by atoms with Gasteiger partial charge in [-0.3, -0.25) is 14.9 Å². The monoisotopic (exact) mass is 329 g/mol. The number of halogens is 1. The van der Waals surface area contributed by atoms with Gasteiger partial charge in [0.25, 0.3) is 5.69 Å². The second-order valence-corrected chi connectivity index (χ2v) is 5.03. The summed E-state index contributed by atoms with van der Waals surface area (Å²) in [5.41, 5.74) is 0.903. The molecule has 5 nitrogen and oxygen atoms in total. The molecule has 0 saturated carbocycles. The Morgan fingerprint density at radius 1 is 1.13 bits per heavy atom. The van der Waals surface area contributed by atoms with Gasteiger partial charge in [-0.2, -0.15) is 0 Å². The summed E-state index contributed by atoms with van der Waals surface area (Å²) < 4.78 is 0. The molecule has 6 heteroatoms. The van der Waals surface area contributed by atoms with Crippen LogP contribution in [0.25, 0.3) is 6.08 Å². The molecule has 0 saturated heterocycles. The van der Waals surface area contributed by atoms with Crippen LogP contribution in [0, 0.1) is 10.1 Å². The summed E-state index contributed by atoms with van der Waals surface area (Å²) in [4.78, 5) is 22.0.